The second-order valence-corrected chi connectivity index (χ2v) is 5.43. The van der Waals surface area contributed by atoms with Gasteiger partial charge in [0.15, 0.2) is 11.6 Å². The fraction of sp³-hybridized carbons (Fsp3) is 0.429. The third-order valence-corrected chi connectivity index (χ3v) is 3.75. The van der Waals surface area contributed by atoms with Crippen LogP contribution in [0.15, 0.2) is 12.1 Å². The van der Waals surface area contributed by atoms with Gasteiger partial charge in [-0.05, 0) is 11.5 Å². The fourth-order valence-corrected chi connectivity index (χ4v) is 2.33. The molecule has 3 nitrogen and oxygen atoms in total. The minimum Gasteiger partial charge on any atom is -0.460 e. The summed E-state index contributed by atoms with van der Waals surface area (Å²) in [5, 5.41) is 0. The molecule has 0 radical (unpaired) electrons. The van der Waals surface area contributed by atoms with Crippen molar-refractivity contribution in [2.45, 2.75) is 20.5 Å². The molecule has 1 aliphatic rings. The smallest absolute Gasteiger partial charge is 0.310 e. The van der Waals surface area contributed by atoms with Crippen LogP contribution in [0, 0.1) is 34.7 Å². The first-order valence-corrected chi connectivity index (χ1v) is 6.04. The summed E-state index contributed by atoms with van der Waals surface area (Å²) in [6.45, 7) is 2.90. The van der Waals surface area contributed by atoms with Crippen LogP contribution >= 0.6 is 0 Å². The van der Waals surface area contributed by atoms with Gasteiger partial charge in [-0.1, -0.05) is 13.8 Å². The Balaban J connectivity index is 2.04. The first-order valence-electron chi connectivity index (χ1n) is 6.04. The third kappa shape index (κ3) is 2.42. The molecule has 20 heavy (non-hydrogen) atoms. The Labute approximate surface area is 113 Å². The van der Waals surface area contributed by atoms with E-state index in [1.54, 1.807) is 13.8 Å². The molecule has 0 N–H and O–H groups in total. The lowest BCUT2D eigenvalue weighted by atomic mass is 10.1. The predicted molar refractivity (Wildman–Crippen MR) is 62.9 cm³/mol. The van der Waals surface area contributed by atoms with Gasteiger partial charge in [-0.15, -0.1) is 0 Å². The van der Waals surface area contributed by atoms with E-state index in [2.05, 4.69) is 0 Å². The zero-order chi connectivity index (χ0) is 15.1. The van der Waals surface area contributed by atoms with Crippen molar-refractivity contribution in [2.75, 3.05) is 0 Å². The average molecular weight is 286 g/mol. The number of aldehydes is 1. The minimum absolute atomic E-state index is 0.378. The summed E-state index contributed by atoms with van der Waals surface area (Å²) < 4.78 is 44.1. The summed E-state index contributed by atoms with van der Waals surface area (Å²) >= 11 is 0. The van der Waals surface area contributed by atoms with Crippen LogP contribution in [-0.4, -0.2) is 12.3 Å². The molecule has 0 aromatic heterocycles. The molecule has 0 spiro atoms. The minimum atomic E-state index is -1.34. The summed E-state index contributed by atoms with van der Waals surface area (Å²) in [6, 6.07) is 1.17. The predicted octanol–water partition coefficient (Wildman–Crippen LogP) is 2.62. The summed E-state index contributed by atoms with van der Waals surface area (Å²) in [7, 11) is 0. The van der Waals surface area contributed by atoms with Crippen molar-refractivity contribution in [3.63, 3.8) is 0 Å². The standard InChI is InChI=1S/C14H13F3O3/c1-14(2)9(5-18)11(14)13(19)20-6-7-3-8(15)4-10(16)12(7)17/h3-5,9,11H,6H2,1-2H3. The number of hydrogen-bond acceptors (Lipinski definition) is 3. The van der Waals surface area contributed by atoms with E-state index in [4.69, 9.17) is 4.74 Å². The van der Waals surface area contributed by atoms with Crippen LogP contribution in [0.5, 0.6) is 0 Å². The number of halogens is 3. The van der Waals surface area contributed by atoms with Crippen LogP contribution in [0.3, 0.4) is 0 Å². The molecule has 6 heteroatoms. The van der Waals surface area contributed by atoms with Crippen molar-refractivity contribution >= 4 is 12.3 Å². The highest BCUT2D eigenvalue weighted by Crippen LogP contribution is 2.57. The van der Waals surface area contributed by atoms with E-state index in [0.717, 1.165) is 6.07 Å². The van der Waals surface area contributed by atoms with Gasteiger partial charge in [0.2, 0.25) is 0 Å². The third-order valence-electron chi connectivity index (χ3n) is 3.75. The van der Waals surface area contributed by atoms with E-state index in [-0.39, 0.29) is 5.56 Å². The van der Waals surface area contributed by atoms with Crippen molar-refractivity contribution in [1.82, 2.24) is 0 Å². The second-order valence-electron chi connectivity index (χ2n) is 5.43. The Kier molecular flexibility index (Phi) is 3.58. The second kappa shape index (κ2) is 4.92. The number of carbonyl (C=O) groups excluding carboxylic acids is 2. The molecule has 0 heterocycles. The van der Waals surface area contributed by atoms with Crippen molar-refractivity contribution in [3.8, 4) is 0 Å². The van der Waals surface area contributed by atoms with E-state index in [1.165, 1.54) is 0 Å². The lowest BCUT2D eigenvalue weighted by molar-refractivity contribution is -0.148. The Morgan fingerprint density at radius 1 is 1.35 bits per heavy atom. The highest BCUT2D eigenvalue weighted by molar-refractivity contribution is 5.84. The van der Waals surface area contributed by atoms with Crippen LogP contribution in [-0.2, 0) is 20.9 Å². The van der Waals surface area contributed by atoms with Crippen molar-refractivity contribution < 1.29 is 27.5 Å². The molecular formula is C14H13F3O3. The van der Waals surface area contributed by atoms with Crippen molar-refractivity contribution in [3.05, 3.63) is 35.1 Å². The van der Waals surface area contributed by atoms with Gasteiger partial charge in [-0.2, -0.15) is 0 Å². The molecule has 1 aromatic carbocycles. The van der Waals surface area contributed by atoms with E-state index in [9.17, 15) is 22.8 Å². The van der Waals surface area contributed by atoms with Gasteiger partial charge < -0.3 is 9.53 Å². The van der Waals surface area contributed by atoms with Gasteiger partial charge in [-0.25, -0.2) is 13.2 Å². The summed E-state index contributed by atoms with van der Waals surface area (Å²) in [4.78, 5) is 22.5. The van der Waals surface area contributed by atoms with Gasteiger partial charge in [-0.3, -0.25) is 4.79 Å². The van der Waals surface area contributed by atoms with Gasteiger partial charge in [0.25, 0.3) is 0 Å². The van der Waals surface area contributed by atoms with Crippen LogP contribution in [0.4, 0.5) is 13.2 Å². The molecular weight excluding hydrogens is 273 g/mol. The molecule has 0 saturated heterocycles. The number of benzene rings is 1. The lowest BCUT2D eigenvalue weighted by Gasteiger charge is -2.07. The molecule has 1 saturated carbocycles. The summed E-state index contributed by atoms with van der Waals surface area (Å²) in [6.07, 6.45) is 0.675. The van der Waals surface area contributed by atoms with Gasteiger partial charge in [0, 0.05) is 17.5 Å². The Hall–Kier alpha value is -1.85. The largest absolute Gasteiger partial charge is 0.460 e. The highest BCUT2D eigenvalue weighted by Gasteiger charge is 2.62. The molecule has 2 unspecified atom stereocenters. The summed E-state index contributed by atoms with van der Waals surface area (Å²) in [5.74, 6) is -5.25. The maximum Gasteiger partial charge on any atom is 0.310 e. The number of hydrogen-bond donors (Lipinski definition) is 0. The van der Waals surface area contributed by atoms with Crippen LogP contribution < -0.4 is 0 Å². The molecule has 0 amide bonds. The molecule has 1 aliphatic carbocycles. The summed E-state index contributed by atoms with van der Waals surface area (Å²) in [5.41, 5.74) is -0.873. The highest BCUT2D eigenvalue weighted by atomic mass is 19.2. The molecule has 2 rings (SSSR count). The monoisotopic (exact) mass is 286 g/mol. The zero-order valence-electron chi connectivity index (χ0n) is 11.0. The topological polar surface area (TPSA) is 43.4 Å². The molecule has 1 fully saturated rings. The first-order chi connectivity index (χ1) is 9.28. The number of carbonyl (C=O) groups is 2. The van der Waals surface area contributed by atoms with Crippen LogP contribution in [0.2, 0.25) is 0 Å². The van der Waals surface area contributed by atoms with Crippen molar-refractivity contribution in [2.24, 2.45) is 17.3 Å². The average Bonchev–Trinajstić information content (AvgIpc) is 2.93. The number of rotatable bonds is 4. The van der Waals surface area contributed by atoms with Gasteiger partial charge >= 0.3 is 5.97 Å². The van der Waals surface area contributed by atoms with Crippen LogP contribution in [0.1, 0.15) is 19.4 Å². The van der Waals surface area contributed by atoms with E-state index in [0.29, 0.717) is 12.4 Å². The van der Waals surface area contributed by atoms with Crippen molar-refractivity contribution in [1.29, 1.82) is 0 Å². The van der Waals surface area contributed by atoms with Gasteiger partial charge in [0.05, 0.1) is 5.92 Å². The fourth-order valence-electron chi connectivity index (χ4n) is 2.33. The molecule has 108 valence electrons. The van der Waals surface area contributed by atoms with E-state index < -0.39 is 47.3 Å². The Morgan fingerprint density at radius 2 is 2.00 bits per heavy atom. The Bertz CT molecular complexity index is 569. The van der Waals surface area contributed by atoms with Gasteiger partial charge in [0.1, 0.15) is 18.7 Å². The lowest BCUT2D eigenvalue weighted by Crippen LogP contribution is -2.12. The van der Waals surface area contributed by atoms with E-state index >= 15 is 0 Å². The Morgan fingerprint density at radius 3 is 2.55 bits per heavy atom. The molecule has 2 atom stereocenters. The van der Waals surface area contributed by atoms with E-state index in [1.807, 2.05) is 0 Å². The molecule has 1 aromatic rings. The zero-order valence-corrected chi connectivity index (χ0v) is 11.0. The maximum absolute atomic E-state index is 13.4. The SMILES string of the molecule is CC1(C)C(C=O)C1C(=O)OCc1cc(F)cc(F)c1F. The molecule has 0 bridgehead atoms. The number of esters is 1. The quantitative estimate of drug-likeness (QED) is 0.485. The maximum atomic E-state index is 13.4. The first kappa shape index (κ1) is 14.6. The molecule has 0 aliphatic heterocycles. The normalized spacial score (nSPS) is 23.2. The van der Waals surface area contributed by atoms with Crippen LogP contribution in [0.25, 0.3) is 0 Å². The number of ether oxygens (including phenoxy) is 1.